The van der Waals surface area contributed by atoms with Crippen molar-refractivity contribution >= 4 is 11.6 Å². The van der Waals surface area contributed by atoms with E-state index in [1.165, 1.54) is 6.07 Å². The number of aromatic amines is 1. The molecule has 0 aliphatic heterocycles. The summed E-state index contributed by atoms with van der Waals surface area (Å²) in [6, 6.07) is 6.93. The highest BCUT2D eigenvalue weighted by Crippen LogP contribution is 2.24. The number of benzene rings is 1. The van der Waals surface area contributed by atoms with Crippen molar-refractivity contribution in [2.24, 2.45) is 7.05 Å². The van der Waals surface area contributed by atoms with Crippen LogP contribution in [0.5, 0.6) is 0 Å². The molecular formula is C15H13ClN4O. The van der Waals surface area contributed by atoms with Crippen LogP contribution in [0.1, 0.15) is 5.56 Å². The lowest BCUT2D eigenvalue weighted by Gasteiger charge is -2.06. The lowest BCUT2D eigenvalue weighted by Crippen LogP contribution is -2.09. The Kier molecular flexibility index (Phi) is 3.35. The van der Waals surface area contributed by atoms with Gasteiger partial charge in [0.2, 0.25) is 0 Å². The number of aromatic nitrogens is 4. The van der Waals surface area contributed by atoms with Crippen molar-refractivity contribution in [3.05, 3.63) is 57.6 Å². The predicted octanol–water partition coefficient (Wildman–Crippen LogP) is 2.80. The van der Waals surface area contributed by atoms with Crippen molar-refractivity contribution in [3.63, 3.8) is 0 Å². The highest BCUT2D eigenvalue weighted by Gasteiger charge is 2.09. The zero-order valence-corrected chi connectivity index (χ0v) is 12.3. The largest absolute Gasteiger partial charge is 0.306 e. The first-order valence-electron chi connectivity index (χ1n) is 6.40. The van der Waals surface area contributed by atoms with Gasteiger partial charge in [0.25, 0.3) is 5.56 Å². The molecule has 0 amide bonds. The molecule has 0 saturated carbocycles. The second-order valence-electron chi connectivity index (χ2n) is 4.84. The number of hydrogen-bond donors (Lipinski definition) is 1. The molecule has 0 aliphatic rings. The van der Waals surface area contributed by atoms with Crippen LogP contribution in [-0.2, 0) is 7.05 Å². The van der Waals surface area contributed by atoms with Crippen LogP contribution >= 0.6 is 11.6 Å². The van der Waals surface area contributed by atoms with Crippen molar-refractivity contribution in [1.82, 2.24) is 19.7 Å². The molecule has 0 unspecified atom stereocenters. The quantitative estimate of drug-likeness (QED) is 0.791. The molecule has 5 nitrogen and oxygen atoms in total. The van der Waals surface area contributed by atoms with E-state index in [2.05, 4.69) is 15.1 Å². The van der Waals surface area contributed by atoms with Crippen LogP contribution in [0.15, 0.2) is 41.5 Å². The third-order valence-corrected chi connectivity index (χ3v) is 3.42. The summed E-state index contributed by atoms with van der Waals surface area (Å²) in [6.07, 6.45) is 3.50. The lowest BCUT2D eigenvalue weighted by atomic mass is 10.1. The maximum Gasteiger partial charge on any atom is 0.251 e. The van der Waals surface area contributed by atoms with Gasteiger partial charge in [0.15, 0.2) is 0 Å². The summed E-state index contributed by atoms with van der Waals surface area (Å²) >= 11 is 5.96. The van der Waals surface area contributed by atoms with Crippen LogP contribution in [0.4, 0.5) is 0 Å². The smallest absolute Gasteiger partial charge is 0.251 e. The lowest BCUT2D eigenvalue weighted by molar-refractivity contribution is 0.768. The third-order valence-electron chi connectivity index (χ3n) is 3.19. The fourth-order valence-electron chi connectivity index (χ4n) is 2.18. The third kappa shape index (κ3) is 2.73. The number of aryl methyl sites for hydroxylation is 2. The van der Waals surface area contributed by atoms with E-state index in [4.69, 9.17) is 11.6 Å². The Labute approximate surface area is 126 Å². The summed E-state index contributed by atoms with van der Waals surface area (Å²) in [5.74, 6) is 0.524. The number of halogens is 1. The molecule has 0 spiro atoms. The number of rotatable bonds is 2. The number of H-pyrrole nitrogens is 1. The molecule has 1 N–H and O–H groups in total. The van der Waals surface area contributed by atoms with Gasteiger partial charge in [-0.1, -0.05) is 11.6 Å². The molecule has 0 fully saturated rings. The predicted molar refractivity (Wildman–Crippen MR) is 82.2 cm³/mol. The minimum atomic E-state index is -0.201. The van der Waals surface area contributed by atoms with Gasteiger partial charge in [0, 0.05) is 35.5 Å². The van der Waals surface area contributed by atoms with Gasteiger partial charge in [0.1, 0.15) is 5.82 Å². The van der Waals surface area contributed by atoms with Crippen molar-refractivity contribution in [1.29, 1.82) is 0 Å². The Morgan fingerprint density at radius 1 is 1.29 bits per heavy atom. The molecule has 21 heavy (non-hydrogen) atoms. The average molecular weight is 301 g/mol. The van der Waals surface area contributed by atoms with E-state index in [-0.39, 0.29) is 5.56 Å². The molecule has 0 aliphatic carbocycles. The molecule has 2 heterocycles. The highest BCUT2D eigenvalue weighted by atomic mass is 35.5. The van der Waals surface area contributed by atoms with Gasteiger partial charge in [-0.3, -0.25) is 9.48 Å². The van der Waals surface area contributed by atoms with E-state index in [0.29, 0.717) is 16.5 Å². The van der Waals surface area contributed by atoms with E-state index in [1.807, 2.05) is 32.3 Å². The van der Waals surface area contributed by atoms with Crippen molar-refractivity contribution in [2.75, 3.05) is 0 Å². The van der Waals surface area contributed by atoms with Crippen LogP contribution in [0.25, 0.3) is 22.6 Å². The number of nitrogens with zero attached hydrogens (tertiary/aromatic N) is 3. The first-order chi connectivity index (χ1) is 10.0. The Balaban J connectivity index is 2.16. The molecule has 3 aromatic rings. The first kappa shape index (κ1) is 13.6. The fraction of sp³-hybridized carbons (Fsp3) is 0.133. The van der Waals surface area contributed by atoms with E-state index >= 15 is 0 Å². The highest BCUT2D eigenvalue weighted by molar-refractivity contribution is 6.30. The van der Waals surface area contributed by atoms with Gasteiger partial charge < -0.3 is 4.98 Å². The Morgan fingerprint density at radius 2 is 2.10 bits per heavy atom. The number of hydrogen-bond acceptors (Lipinski definition) is 3. The normalized spacial score (nSPS) is 10.8. The zero-order valence-electron chi connectivity index (χ0n) is 11.6. The summed E-state index contributed by atoms with van der Waals surface area (Å²) in [5, 5.41) is 4.76. The molecule has 0 bridgehead atoms. The van der Waals surface area contributed by atoms with E-state index in [9.17, 15) is 4.79 Å². The molecule has 6 heteroatoms. The fourth-order valence-corrected chi connectivity index (χ4v) is 2.41. The molecule has 3 rings (SSSR count). The topological polar surface area (TPSA) is 63.6 Å². The van der Waals surface area contributed by atoms with E-state index in [1.54, 1.807) is 16.9 Å². The molecule has 0 saturated heterocycles. The van der Waals surface area contributed by atoms with Gasteiger partial charge in [0.05, 0.1) is 11.9 Å². The van der Waals surface area contributed by atoms with Gasteiger partial charge in [-0.05, 0) is 30.7 Å². The van der Waals surface area contributed by atoms with E-state index in [0.717, 1.165) is 16.7 Å². The van der Waals surface area contributed by atoms with Gasteiger partial charge in [-0.25, -0.2) is 4.98 Å². The maximum atomic E-state index is 11.9. The maximum absolute atomic E-state index is 11.9. The molecule has 1 aromatic carbocycles. The summed E-state index contributed by atoms with van der Waals surface area (Å²) < 4.78 is 1.67. The SMILES string of the molecule is Cc1cc(Cl)ccc1-c1nc(-c2cnn(C)c2)cc(=O)[nH]1. The van der Waals surface area contributed by atoms with Gasteiger partial charge >= 0.3 is 0 Å². The monoisotopic (exact) mass is 300 g/mol. The van der Waals surface area contributed by atoms with Gasteiger partial charge in [-0.15, -0.1) is 0 Å². The first-order valence-corrected chi connectivity index (χ1v) is 6.77. The average Bonchev–Trinajstić information content (AvgIpc) is 2.84. The number of nitrogens with one attached hydrogen (secondary N) is 1. The Morgan fingerprint density at radius 3 is 2.76 bits per heavy atom. The Hall–Kier alpha value is -2.40. The second-order valence-corrected chi connectivity index (χ2v) is 5.28. The standard InChI is InChI=1S/C15H13ClN4O/c1-9-5-11(16)3-4-12(9)15-18-13(6-14(21)19-15)10-7-17-20(2)8-10/h3-8H,1-2H3,(H,18,19,21). The Bertz CT molecular complexity index is 866. The van der Waals surface area contributed by atoms with Crippen molar-refractivity contribution in [2.45, 2.75) is 6.92 Å². The minimum Gasteiger partial charge on any atom is -0.306 e. The van der Waals surface area contributed by atoms with E-state index < -0.39 is 0 Å². The zero-order chi connectivity index (χ0) is 15.0. The molecular weight excluding hydrogens is 288 g/mol. The van der Waals surface area contributed by atoms with Crippen LogP contribution in [0.2, 0.25) is 5.02 Å². The van der Waals surface area contributed by atoms with Crippen LogP contribution in [-0.4, -0.2) is 19.7 Å². The molecule has 0 atom stereocenters. The summed E-state index contributed by atoms with van der Waals surface area (Å²) in [6.45, 7) is 1.93. The van der Waals surface area contributed by atoms with Crippen LogP contribution in [0.3, 0.4) is 0 Å². The summed E-state index contributed by atoms with van der Waals surface area (Å²) in [4.78, 5) is 19.2. The molecule has 106 valence electrons. The minimum absolute atomic E-state index is 0.201. The van der Waals surface area contributed by atoms with Gasteiger partial charge in [-0.2, -0.15) is 5.10 Å². The van der Waals surface area contributed by atoms with Crippen LogP contribution < -0.4 is 5.56 Å². The molecule has 2 aromatic heterocycles. The van der Waals surface area contributed by atoms with Crippen molar-refractivity contribution < 1.29 is 0 Å². The molecule has 0 radical (unpaired) electrons. The summed E-state index contributed by atoms with van der Waals surface area (Å²) in [5.41, 5.74) is 3.00. The van der Waals surface area contributed by atoms with Crippen molar-refractivity contribution in [3.8, 4) is 22.6 Å². The van der Waals surface area contributed by atoms with Crippen LogP contribution in [0, 0.1) is 6.92 Å². The summed E-state index contributed by atoms with van der Waals surface area (Å²) in [7, 11) is 1.82. The second kappa shape index (κ2) is 5.18.